The van der Waals surface area contributed by atoms with E-state index in [4.69, 9.17) is 14.2 Å². The molecular weight excluding hydrogens is 378 g/mol. The number of carbonyl (C=O) groups excluding carboxylic acids is 3. The number of ether oxygens (including phenoxy) is 3. The number of methoxy groups -OCH3 is 2. The Morgan fingerprint density at radius 3 is 2.52 bits per heavy atom. The topological polar surface area (TPSA) is 116 Å². The molecule has 2 rings (SSSR count). The molecule has 0 fully saturated rings. The van der Waals surface area contributed by atoms with Gasteiger partial charge in [-0.15, -0.1) is 0 Å². The molecule has 9 heteroatoms. The summed E-state index contributed by atoms with van der Waals surface area (Å²) in [5.41, 5.74) is 1.45. The lowest BCUT2D eigenvalue weighted by atomic mass is 10.1. The molecule has 9 nitrogen and oxygen atoms in total. The average molecular weight is 401 g/mol. The van der Waals surface area contributed by atoms with Crippen LogP contribution in [0.5, 0.6) is 5.88 Å². The highest BCUT2D eigenvalue weighted by Gasteiger charge is 2.24. The molecule has 2 N–H and O–H groups in total. The van der Waals surface area contributed by atoms with Gasteiger partial charge < -0.3 is 24.8 Å². The zero-order valence-electron chi connectivity index (χ0n) is 16.2. The van der Waals surface area contributed by atoms with Gasteiger partial charge in [-0.05, 0) is 11.6 Å². The zero-order chi connectivity index (χ0) is 21.1. The fourth-order valence-electron chi connectivity index (χ4n) is 2.49. The van der Waals surface area contributed by atoms with E-state index in [9.17, 15) is 14.4 Å². The highest BCUT2D eigenvalue weighted by molar-refractivity contribution is 5.87. The maximum atomic E-state index is 12.2. The van der Waals surface area contributed by atoms with Crippen molar-refractivity contribution in [1.29, 1.82) is 0 Å². The third kappa shape index (κ3) is 7.13. The van der Waals surface area contributed by atoms with E-state index in [0.29, 0.717) is 11.4 Å². The molecule has 1 aromatic heterocycles. The fraction of sp³-hybridized carbons (Fsp3) is 0.300. The Balaban J connectivity index is 1.86. The van der Waals surface area contributed by atoms with Gasteiger partial charge in [-0.3, -0.25) is 4.79 Å². The van der Waals surface area contributed by atoms with Gasteiger partial charge in [-0.2, -0.15) is 0 Å². The summed E-state index contributed by atoms with van der Waals surface area (Å²) in [6.07, 6.45) is 0.931. The summed E-state index contributed by atoms with van der Waals surface area (Å²) in [4.78, 5) is 40.0. The number of rotatable bonds is 9. The molecule has 0 bridgehead atoms. The van der Waals surface area contributed by atoms with Gasteiger partial charge in [0, 0.05) is 18.2 Å². The number of pyridine rings is 1. The molecule has 0 spiro atoms. The molecule has 0 radical (unpaired) electrons. The summed E-state index contributed by atoms with van der Waals surface area (Å²) in [5, 5.41) is 4.87. The first-order chi connectivity index (χ1) is 14.0. The maximum Gasteiger partial charge on any atom is 0.407 e. The van der Waals surface area contributed by atoms with Crippen LogP contribution < -0.4 is 15.4 Å². The number of nitrogens with one attached hydrogen (secondary N) is 2. The van der Waals surface area contributed by atoms with Gasteiger partial charge in [0.2, 0.25) is 11.8 Å². The lowest BCUT2D eigenvalue weighted by Gasteiger charge is -2.17. The second-order valence-corrected chi connectivity index (χ2v) is 5.93. The lowest BCUT2D eigenvalue weighted by Crippen LogP contribution is -2.47. The van der Waals surface area contributed by atoms with Crippen LogP contribution >= 0.6 is 0 Å². The predicted octanol–water partition coefficient (Wildman–Crippen LogP) is 1.22. The smallest absolute Gasteiger partial charge is 0.407 e. The first-order valence-electron chi connectivity index (χ1n) is 8.83. The van der Waals surface area contributed by atoms with Crippen LogP contribution in [0.4, 0.5) is 4.79 Å². The Morgan fingerprint density at radius 2 is 1.83 bits per heavy atom. The summed E-state index contributed by atoms with van der Waals surface area (Å²) in [6.45, 7) is -0.273. The number of hydrogen-bond acceptors (Lipinski definition) is 7. The largest absolute Gasteiger partial charge is 0.481 e. The van der Waals surface area contributed by atoms with Crippen molar-refractivity contribution in [3.63, 3.8) is 0 Å². The van der Waals surface area contributed by atoms with E-state index in [1.165, 1.54) is 14.2 Å². The van der Waals surface area contributed by atoms with E-state index in [-0.39, 0.29) is 19.6 Å². The van der Waals surface area contributed by atoms with E-state index >= 15 is 0 Å². The van der Waals surface area contributed by atoms with E-state index in [0.717, 1.165) is 5.56 Å². The first-order valence-corrected chi connectivity index (χ1v) is 8.83. The highest BCUT2D eigenvalue weighted by atomic mass is 16.5. The second-order valence-electron chi connectivity index (χ2n) is 5.93. The van der Waals surface area contributed by atoms with Crippen LogP contribution in [0.15, 0.2) is 48.7 Å². The van der Waals surface area contributed by atoms with Crippen LogP contribution in [0.25, 0.3) is 0 Å². The number of carbonyl (C=O) groups is 3. The normalized spacial score (nSPS) is 11.1. The highest BCUT2D eigenvalue weighted by Crippen LogP contribution is 2.16. The van der Waals surface area contributed by atoms with Gasteiger partial charge >= 0.3 is 12.1 Å². The van der Waals surface area contributed by atoms with E-state index < -0.39 is 24.0 Å². The molecule has 0 aliphatic carbocycles. The van der Waals surface area contributed by atoms with E-state index in [1.807, 2.05) is 30.3 Å². The van der Waals surface area contributed by atoms with Crippen LogP contribution in [-0.4, -0.2) is 49.8 Å². The Hall–Kier alpha value is -3.62. The summed E-state index contributed by atoms with van der Waals surface area (Å²) in [5.74, 6) is -0.853. The van der Waals surface area contributed by atoms with Crippen LogP contribution in [0.1, 0.15) is 11.1 Å². The van der Waals surface area contributed by atoms with Crippen molar-refractivity contribution in [2.75, 3.05) is 20.8 Å². The summed E-state index contributed by atoms with van der Waals surface area (Å²) in [6, 6.07) is 11.6. The number of alkyl carbamates (subject to hydrolysis) is 1. The van der Waals surface area contributed by atoms with Crippen molar-refractivity contribution < 1.29 is 28.6 Å². The molecule has 0 unspecified atom stereocenters. The second kappa shape index (κ2) is 11.3. The molecular formula is C20H23N3O6. The third-order valence-electron chi connectivity index (χ3n) is 3.89. The monoisotopic (exact) mass is 401 g/mol. The lowest BCUT2D eigenvalue weighted by molar-refractivity contribution is -0.144. The van der Waals surface area contributed by atoms with Crippen molar-refractivity contribution in [2.24, 2.45) is 0 Å². The van der Waals surface area contributed by atoms with Crippen LogP contribution in [0, 0.1) is 0 Å². The number of benzene rings is 1. The van der Waals surface area contributed by atoms with Gasteiger partial charge in [0.15, 0.2) is 0 Å². The minimum absolute atomic E-state index is 0.0832. The SMILES string of the molecule is COC(=O)[C@H](Cc1cccnc1OC)NC(=O)CNC(=O)OCc1ccccc1. The molecule has 0 aliphatic rings. The first kappa shape index (κ1) is 21.7. The quantitative estimate of drug-likeness (QED) is 0.607. The predicted molar refractivity (Wildman–Crippen MR) is 103 cm³/mol. The summed E-state index contributed by atoms with van der Waals surface area (Å²) < 4.78 is 14.9. The Labute approximate surface area is 168 Å². The third-order valence-corrected chi connectivity index (χ3v) is 3.89. The summed E-state index contributed by atoms with van der Waals surface area (Å²) >= 11 is 0. The molecule has 1 heterocycles. The molecule has 0 saturated carbocycles. The molecule has 1 aromatic carbocycles. The zero-order valence-corrected chi connectivity index (χ0v) is 16.2. The van der Waals surface area contributed by atoms with Gasteiger partial charge in [-0.1, -0.05) is 36.4 Å². The fourth-order valence-corrected chi connectivity index (χ4v) is 2.49. The Bertz CT molecular complexity index is 828. The van der Waals surface area contributed by atoms with Crippen molar-refractivity contribution in [1.82, 2.24) is 15.6 Å². The molecule has 154 valence electrons. The molecule has 29 heavy (non-hydrogen) atoms. The number of nitrogens with zero attached hydrogens (tertiary/aromatic N) is 1. The van der Waals surface area contributed by atoms with Crippen molar-refractivity contribution in [2.45, 2.75) is 19.1 Å². The number of amides is 2. The van der Waals surface area contributed by atoms with Crippen molar-refractivity contribution in [3.05, 3.63) is 59.8 Å². The van der Waals surface area contributed by atoms with Crippen LogP contribution in [0.3, 0.4) is 0 Å². The van der Waals surface area contributed by atoms with Crippen molar-refractivity contribution in [3.8, 4) is 5.88 Å². The Morgan fingerprint density at radius 1 is 1.07 bits per heavy atom. The maximum absolute atomic E-state index is 12.2. The minimum atomic E-state index is -0.965. The average Bonchev–Trinajstić information content (AvgIpc) is 2.76. The van der Waals surface area contributed by atoms with Crippen molar-refractivity contribution >= 4 is 18.0 Å². The van der Waals surface area contributed by atoms with Crippen LogP contribution in [-0.2, 0) is 32.1 Å². The minimum Gasteiger partial charge on any atom is -0.481 e. The van der Waals surface area contributed by atoms with Gasteiger partial charge in [-0.25, -0.2) is 14.6 Å². The molecule has 2 aromatic rings. The Kier molecular flexibility index (Phi) is 8.43. The van der Waals surface area contributed by atoms with Crippen LogP contribution in [0.2, 0.25) is 0 Å². The van der Waals surface area contributed by atoms with E-state index in [1.54, 1.807) is 18.3 Å². The number of aromatic nitrogens is 1. The van der Waals surface area contributed by atoms with Gasteiger partial charge in [0.25, 0.3) is 0 Å². The molecule has 2 amide bonds. The number of hydrogen-bond donors (Lipinski definition) is 2. The van der Waals surface area contributed by atoms with Gasteiger partial charge in [0.05, 0.1) is 14.2 Å². The van der Waals surface area contributed by atoms with Gasteiger partial charge in [0.1, 0.15) is 19.2 Å². The summed E-state index contributed by atoms with van der Waals surface area (Å²) in [7, 11) is 2.68. The molecule has 0 aliphatic heterocycles. The molecule has 1 atom stereocenters. The standard InChI is InChI=1S/C20H23N3O6/c1-27-18-15(9-6-10-21-18)11-16(19(25)28-2)23-17(24)12-22-20(26)29-13-14-7-4-3-5-8-14/h3-10,16H,11-13H2,1-2H3,(H,22,26)(H,23,24)/t16-/m0/s1. The number of esters is 1. The van der Waals surface area contributed by atoms with E-state index in [2.05, 4.69) is 15.6 Å². The molecule has 0 saturated heterocycles.